The highest BCUT2D eigenvalue weighted by atomic mass is 16.5. The van der Waals surface area contributed by atoms with Gasteiger partial charge in [-0.15, -0.1) is 0 Å². The molecule has 8 heteroatoms. The number of aromatic nitrogens is 4. The molecule has 142 valence electrons. The number of imidazole rings is 1. The Hall–Kier alpha value is -2.71. The fourth-order valence-corrected chi connectivity index (χ4v) is 3.49. The van der Waals surface area contributed by atoms with Gasteiger partial charge in [0.15, 0.2) is 11.2 Å². The number of nitrogens with one attached hydrogen (secondary N) is 1. The van der Waals surface area contributed by atoms with Crippen LogP contribution in [0.15, 0.2) is 33.9 Å². The van der Waals surface area contributed by atoms with Crippen molar-refractivity contribution in [3.8, 4) is 0 Å². The number of aromatic amines is 1. The number of nitrogens with zero attached hydrogens (tertiary/aromatic N) is 4. The molecule has 0 saturated carbocycles. The predicted octanol–water partition coefficient (Wildman–Crippen LogP) is 0.612. The van der Waals surface area contributed by atoms with Gasteiger partial charge in [0.2, 0.25) is 0 Å². The molecule has 4 rings (SSSR count). The summed E-state index contributed by atoms with van der Waals surface area (Å²) in [6, 6.07) is 8.09. The van der Waals surface area contributed by atoms with E-state index < -0.39 is 11.2 Å². The number of morpholine rings is 1. The van der Waals surface area contributed by atoms with Gasteiger partial charge in [-0.3, -0.25) is 19.2 Å². The monoisotopic (exact) mass is 369 g/mol. The highest BCUT2D eigenvalue weighted by molar-refractivity contribution is 5.71. The molecular weight excluding hydrogens is 346 g/mol. The van der Waals surface area contributed by atoms with E-state index in [4.69, 9.17) is 4.74 Å². The van der Waals surface area contributed by atoms with E-state index in [1.807, 2.05) is 16.7 Å². The van der Waals surface area contributed by atoms with Gasteiger partial charge in [0.25, 0.3) is 5.56 Å². The second kappa shape index (κ2) is 7.13. The van der Waals surface area contributed by atoms with Crippen molar-refractivity contribution in [3.05, 3.63) is 62.1 Å². The van der Waals surface area contributed by atoms with E-state index in [0.29, 0.717) is 37.5 Å². The van der Waals surface area contributed by atoms with E-state index in [1.54, 1.807) is 7.05 Å². The summed E-state index contributed by atoms with van der Waals surface area (Å²) in [5.74, 6) is 0.779. The van der Waals surface area contributed by atoms with Crippen molar-refractivity contribution >= 4 is 11.2 Å². The van der Waals surface area contributed by atoms with Gasteiger partial charge in [0.1, 0.15) is 5.82 Å². The molecule has 0 spiro atoms. The Morgan fingerprint density at radius 1 is 1.15 bits per heavy atom. The third-order valence-corrected chi connectivity index (χ3v) is 5.14. The van der Waals surface area contributed by atoms with Crippen LogP contribution in [0.1, 0.15) is 17.0 Å². The first-order chi connectivity index (χ1) is 13.0. The number of rotatable bonds is 4. The normalized spacial score (nSPS) is 15.5. The zero-order valence-electron chi connectivity index (χ0n) is 15.6. The number of hydrogen-bond donors (Lipinski definition) is 1. The van der Waals surface area contributed by atoms with E-state index >= 15 is 0 Å². The third-order valence-electron chi connectivity index (χ3n) is 5.14. The fraction of sp³-hybridized carbons (Fsp3) is 0.421. The summed E-state index contributed by atoms with van der Waals surface area (Å²) >= 11 is 0. The van der Waals surface area contributed by atoms with Crippen LogP contribution < -0.4 is 11.2 Å². The van der Waals surface area contributed by atoms with Crippen LogP contribution in [0.25, 0.3) is 11.2 Å². The highest BCUT2D eigenvalue weighted by Gasteiger charge is 2.20. The van der Waals surface area contributed by atoms with Crippen molar-refractivity contribution < 1.29 is 4.74 Å². The Labute approximate surface area is 156 Å². The van der Waals surface area contributed by atoms with Crippen LogP contribution in [0.2, 0.25) is 0 Å². The minimum absolute atomic E-state index is 0.401. The molecule has 0 unspecified atom stereocenters. The molecule has 3 aromatic rings. The molecule has 1 fully saturated rings. The summed E-state index contributed by atoms with van der Waals surface area (Å²) in [6.45, 7) is 6.22. The SMILES string of the molecule is Cc1ccccc1Cn1c(CN2CCOCC2)nc2c1c(=O)[nH]c(=O)n2C. The van der Waals surface area contributed by atoms with Crippen LogP contribution in [0.3, 0.4) is 0 Å². The maximum absolute atomic E-state index is 12.6. The number of aryl methyl sites for hydroxylation is 2. The van der Waals surface area contributed by atoms with Gasteiger partial charge in [-0.25, -0.2) is 9.78 Å². The first-order valence-corrected chi connectivity index (χ1v) is 9.07. The van der Waals surface area contributed by atoms with Crippen molar-refractivity contribution in [2.24, 2.45) is 7.05 Å². The largest absolute Gasteiger partial charge is 0.379 e. The molecule has 1 N–H and O–H groups in total. The van der Waals surface area contributed by atoms with Crippen molar-refractivity contribution in [1.29, 1.82) is 0 Å². The number of ether oxygens (including phenoxy) is 1. The molecule has 8 nitrogen and oxygen atoms in total. The van der Waals surface area contributed by atoms with Crippen LogP contribution in [0.4, 0.5) is 0 Å². The molecule has 0 bridgehead atoms. The summed E-state index contributed by atoms with van der Waals surface area (Å²) in [5.41, 5.74) is 2.27. The molecule has 27 heavy (non-hydrogen) atoms. The molecule has 0 aliphatic carbocycles. The summed E-state index contributed by atoms with van der Waals surface area (Å²) in [4.78, 5) is 33.9. The lowest BCUT2D eigenvalue weighted by Gasteiger charge is -2.26. The summed E-state index contributed by atoms with van der Waals surface area (Å²) in [6.07, 6.45) is 0. The van der Waals surface area contributed by atoms with Gasteiger partial charge in [0.05, 0.1) is 19.8 Å². The van der Waals surface area contributed by atoms with Gasteiger partial charge >= 0.3 is 5.69 Å². The molecule has 1 aliphatic rings. The maximum Gasteiger partial charge on any atom is 0.329 e. The summed E-state index contributed by atoms with van der Waals surface area (Å²) < 4.78 is 8.76. The molecule has 1 saturated heterocycles. The maximum atomic E-state index is 12.6. The lowest BCUT2D eigenvalue weighted by molar-refractivity contribution is 0.0327. The van der Waals surface area contributed by atoms with E-state index in [0.717, 1.165) is 30.0 Å². The average Bonchev–Trinajstić information content (AvgIpc) is 3.01. The molecule has 3 heterocycles. The predicted molar refractivity (Wildman–Crippen MR) is 102 cm³/mol. The zero-order chi connectivity index (χ0) is 19.0. The Morgan fingerprint density at radius 2 is 1.89 bits per heavy atom. The third kappa shape index (κ3) is 3.33. The quantitative estimate of drug-likeness (QED) is 0.728. The first-order valence-electron chi connectivity index (χ1n) is 9.07. The second-order valence-corrected chi connectivity index (χ2v) is 6.92. The smallest absolute Gasteiger partial charge is 0.329 e. The van der Waals surface area contributed by atoms with Crippen LogP contribution >= 0.6 is 0 Å². The average molecular weight is 369 g/mol. The standard InChI is InChI=1S/C19H23N5O3/c1-13-5-3-4-6-14(13)11-24-15(12-23-7-9-27-10-8-23)20-17-16(24)18(25)21-19(26)22(17)2/h3-6H,7-12H2,1-2H3,(H,21,25,26). The Morgan fingerprint density at radius 3 is 2.63 bits per heavy atom. The van der Waals surface area contributed by atoms with E-state index in [-0.39, 0.29) is 0 Å². The number of benzene rings is 1. The van der Waals surface area contributed by atoms with Crippen LogP contribution in [-0.2, 0) is 24.9 Å². The minimum Gasteiger partial charge on any atom is -0.379 e. The molecule has 0 radical (unpaired) electrons. The van der Waals surface area contributed by atoms with Gasteiger partial charge < -0.3 is 9.30 Å². The topological polar surface area (TPSA) is 85.2 Å². The molecule has 0 atom stereocenters. The number of fused-ring (bicyclic) bond motifs is 1. The van der Waals surface area contributed by atoms with Crippen molar-refractivity contribution in [1.82, 2.24) is 24.0 Å². The number of H-pyrrole nitrogens is 1. The second-order valence-electron chi connectivity index (χ2n) is 6.92. The molecule has 1 aliphatic heterocycles. The Kier molecular flexibility index (Phi) is 4.67. The van der Waals surface area contributed by atoms with Crippen molar-refractivity contribution in [3.63, 3.8) is 0 Å². The number of hydrogen-bond acceptors (Lipinski definition) is 5. The van der Waals surface area contributed by atoms with E-state index in [9.17, 15) is 9.59 Å². The van der Waals surface area contributed by atoms with Gasteiger partial charge in [-0.05, 0) is 18.1 Å². The Bertz CT molecular complexity index is 1090. The summed E-state index contributed by atoms with van der Waals surface area (Å²) in [5, 5.41) is 0. The molecular formula is C19H23N5O3. The summed E-state index contributed by atoms with van der Waals surface area (Å²) in [7, 11) is 1.63. The van der Waals surface area contributed by atoms with E-state index in [2.05, 4.69) is 33.9 Å². The van der Waals surface area contributed by atoms with Gasteiger partial charge in [-0.1, -0.05) is 24.3 Å². The van der Waals surface area contributed by atoms with Crippen LogP contribution in [0, 0.1) is 6.92 Å². The van der Waals surface area contributed by atoms with Gasteiger partial charge in [0, 0.05) is 26.7 Å². The van der Waals surface area contributed by atoms with E-state index in [1.165, 1.54) is 4.57 Å². The van der Waals surface area contributed by atoms with Gasteiger partial charge in [-0.2, -0.15) is 0 Å². The molecule has 1 aromatic carbocycles. The zero-order valence-corrected chi connectivity index (χ0v) is 15.6. The van der Waals surface area contributed by atoms with Crippen molar-refractivity contribution in [2.75, 3.05) is 26.3 Å². The van der Waals surface area contributed by atoms with Crippen molar-refractivity contribution in [2.45, 2.75) is 20.0 Å². The highest BCUT2D eigenvalue weighted by Crippen LogP contribution is 2.18. The molecule has 0 amide bonds. The van der Waals surface area contributed by atoms with Crippen LogP contribution in [0.5, 0.6) is 0 Å². The molecule has 2 aromatic heterocycles. The van der Waals surface area contributed by atoms with Crippen LogP contribution in [-0.4, -0.2) is 50.3 Å². The lowest BCUT2D eigenvalue weighted by atomic mass is 10.1. The first kappa shape index (κ1) is 17.7. The minimum atomic E-state index is -0.453. The fourth-order valence-electron chi connectivity index (χ4n) is 3.49. The Balaban J connectivity index is 1.86. The lowest BCUT2D eigenvalue weighted by Crippen LogP contribution is -2.36.